The van der Waals surface area contributed by atoms with Crippen molar-refractivity contribution in [2.45, 2.75) is 33.2 Å². The van der Waals surface area contributed by atoms with Crippen molar-refractivity contribution < 1.29 is 4.39 Å². The molecule has 0 aromatic heterocycles. The first-order valence-corrected chi connectivity index (χ1v) is 6.75. The first-order chi connectivity index (χ1) is 8.56. The van der Waals surface area contributed by atoms with E-state index in [-0.39, 0.29) is 5.82 Å². The van der Waals surface area contributed by atoms with Crippen LogP contribution in [0.1, 0.15) is 27.2 Å². The van der Waals surface area contributed by atoms with E-state index in [0.29, 0.717) is 17.6 Å². The zero-order valence-corrected chi connectivity index (χ0v) is 11.9. The fourth-order valence-electron chi connectivity index (χ4n) is 2.00. The number of hydrogen-bond donors (Lipinski definition) is 1. The van der Waals surface area contributed by atoms with Crippen LogP contribution in [0.15, 0.2) is 24.3 Å². The van der Waals surface area contributed by atoms with Crippen LogP contribution in [-0.4, -0.2) is 26.2 Å². The highest BCUT2D eigenvalue weighted by Crippen LogP contribution is 2.18. The molecule has 1 rings (SSSR count). The van der Waals surface area contributed by atoms with Gasteiger partial charge in [0.25, 0.3) is 0 Å². The summed E-state index contributed by atoms with van der Waals surface area (Å²) < 4.78 is 13.7. The lowest BCUT2D eigenvalue weighted by Crippen LogP contribution is -2.43. The summed E-state index contributed by atoms with van der Waals surface area (Å²) >= 11 is 0. The van der Waals surface area contributed by atoms with Gasteiger partial charge in [-0.25, -0.2) is 4.39 Å². The molecule has 18 heavy (non-hydrogen) atoms. The monoisotopic (exact) mass is 252 g/mol. The van der Waals surface area contributed by atoms with Gasteiger partial charge in [0.2, 0.25) is 0 Å². The molecule has 1 aromatic carbocycles. The van der Waals surface area contributed by atoms with Gasteiger partial charge in [-0.2, -0.15) is 0 Å². The molecular formula is C15H25FN2. The number of nitrogens with one attached hydrogen (secondary N) is 1. The number of halogens is 1. The van der Waals surface area contributed by atoms with Gasteiger partial charge in [-0.3, -0.25) is 0 Å². The molecule has 0 spiro atoms. The molecule has 1 aromatic rings. The summed E-state index contributed by atoms with van der Waals surface area (Å²) in [6.07, 6.45) is 1.12. The van der Waals surface area contributed by atoms with Gasteiger partial charge < -0.3 is 10.2 Å². The Morgan fingerprint density at radius 1 is 1.28 bits per heavy atom. The van der Waals surface area contributed by atoms with Gasteiger partial charge in [0.15, 0.2) is 0 Å². The van der Waals surface area contributed by atoms with E-state index in [0.717, 1.165) is 19.5 Å². The number of hydrogen-bond acceptors (Lipinski definition) is 2. The molecule has 0 aliphatic heterocycles. The van der Waals surface area contributed by atoms with E-state index >= 15 is 0 Å². The summed E-state index contributed by atoms with van der Waals surface area (Å²) in [5, 5.41) is 3.52. The highest BCUT2D eigenvalue weighted by molar-refractivity contribution is 5.46. The number of benzene rings is 1. The molecule has 2 nitrogen and oxygen atoms in total. The molecule has 0 aliphatic carbocycles. The van der Waals surface area contributed by atoms with Crippen molar-refractivity contribution in [2.24, 2.45) is 5.92 Å². The lowest BCUT2D eigenvalue weighted by molar-refractivity contribution is 0.401. The van der Waals surface area contributed by atoms with Crippen molar-refractivity contribution in [3.63, 3.8) is 0 Å². The smallest absolute Gasteiger partial charge is 0.146 e. The summed E-state index contributed by atoms with van der Waals surface area (Å²) in [5.41, 5.74) is 0.668. The Hall–Kier alpha value is -1.09. The maximum atomic E-state index is 13.7. The van der Waals surface area contributed by atoms with Gasteiger partial charge in [-0.15, -0.1) is 0 Å². The number of nitrogens with zero attached hydrogens (tertiary/aromatic N) is 1. The number of likely N-dealkylation sites (N-methyl/N-ethyl adjacent to an activating group) is 1. The van der Waals surface area contributed by atoms with Gasteiger partial charge >= 0.3 is 0 Å². The van der Waals surface area contributed by atoms with Crippen LogP contribution in [0.5, 0.6) is 0 Å². The average Bonchev–Trinajstić information content (AvgIpc) is 2.34. The maximum absolute atomic E-state index is 13.7. The van der Waals surface area contributed by atoms with E-state index in [2.05, 4.69) is 26.1 Å². The average molecular weight is 252 g/mol. The molecule has 0 amide bonds. The molecule has 3 heteroatoms. The van der Waals surface area contributed by atoms with Crippen molar-refractivity contribution >= 4 is 5.69 Å². The molecule has 0 heterocycles. The first kappa shape index (κ1) is 15.0. The second-order valence-electron chi connectivity index (χ2n) is 5.14. The van der Waals surface area contributed by atoms with Gasteiger partial charge in [-0.1, -0.05) is 32.9 Å². The minimum atomic E-state index is -0.155. The Morgan fingerprint density at radius 2 is 1.94 bits per heavy atom. The molecule has 1 N–H and O–H groups in total. The van der Waals surface area contributed by atoms with Crippen molar-refractivity contribution in [1.82, 2.24) is 5.32 Å². The standard InChI is InChI=1S/C15H25FN2/c1-5-10-17-14(12(2)3)11-18(4)15-9-7-6-8-13(15)16/h6-9,12,14,17H,5,10-11H2,1-4H3. The van der Waals surface area contributed by atoms with Crippen LogP contribution in [0.3, 0.4) is 0 Å². The van der Waals surface area contributed by atoms with Gasteiger partial charge in [0, 0.05) is 19.6 Å². The molecule has 102 valence electrons. The Labute approximate surface area is 110 Å². The maximum Gasteiger partial charge on any atom is 0.146 e. The summed E-state index contributed by atoms with van der Waals surface area (Å²) in [4.78, 5) is 1.99. The van der Waals surface area contributed by atoms with E-state index in [9.17, 15) is 4.39 Å². The molecule has 1 unspecified atom stereocenters. The number of anilines is 1. The van der Waals surface area contributed by atoms with Crippen LogP contribution in [-0.2, 0) is 0 Å². The molecule has 0 radical (unpaired) electrons. The summed E-state index contributed by atoms with van der Waals surface area (Å²) in [6.45, 7) is 8.38. The quantitative estimate of drug-likeness (QED) is 0.801. The SMILES string of the molecule is CCCNC(CN(C)c1ccccc1F)C(C)C. The minimum absolute atomic E-state index is 0.155. The lowest BCUT2D eigenvalue weighted by atomic mass is 10.0. The second kappa shape index (κ2) is 7.37. The van der Waals surface area contributed by atoms with Crippen molar-refractivity contribution in [1.29, 1.82) is 0 Å². The van der Waals surface area contributed by atoms with Crippen LogP contribution in [0.25, 0.3) is 0 Å². The first-order valence-electron chi connectivity index (χ1n) is 6.75. The van der Waals surface area contributed by atoms with E-state index in [1.54, 1.807) is 6.07 Å². The highest BCUT2D eigenvalue weighted by atomic mass is 19.1. The second-order valence-corrected chi connectivity index (χ2v) is 5.14. The van der Waals surface area contributed by atoms with Crippen LogP contribution in [0, 0.1) is 11.7 Å². The fraction of sp³-hybridized carbons (Fsp3) is 0.600. The van der Waals surface area contributed by atoms with Crippen LogP contribution >= 0.6 is 0 Å². The predicted molar refractivity (Wildman–Crippen MR) is 76.6 cm³/mol. The molecular weight excluding hydrogens is 227 g/mol. The van der Waals surface area contributed by atoms with E-state index < -0.39 is 0 Å². The topological polar surface area (TPSA) is 15.3 Å². The van der Waals surface area contributed by atoms with Gasteiger partial charge in [-0.05, 0) is 31.0 Å². The molecule has 1 atom stereocenters. The Kier molecular flexibility index (Phi) is 6.13. The lowest BCUT2D eigenvalue weighted by Gasteiger charge is -2.29. The summed E-state index contributed by atoms with van der Waals surface area (Å²) in [6, 6.07) is 7.32. The van der Waals surface area contributed by atoms with Crippen LogP contribution < -0.4 is 10.2 Å². The molecule has 0 saturated carbocycles. The number of para-hydroxylation sites is 1. The number of rotatable bonds is 7. The Bertz CT molecular complexity index is 352. The van der Waals surface area contributed by atoms with Crippen molar-refractivity contribution in [2.75, 3.05) is 25.0 Å². The van der Waals surface area contributed by atoms with Gasteiger partial charge in [0.05, 0.1) is 5.69 Å². The molecule has 0 saturated heterocycles. The normalized spacial score (nSPS) is 12.8. The van der Waals surface area contributed by atoms with Gasteiger partial charge in [0.1, 0.15) is 5.82 Å². The third-order valence-electron chi connectivity index (χ3n) is 3.20. The summed E-state index contributed by atoms with van der Waals surface area (Å²) in [7, 11) is 1.95. The zero-order chi connectivity index (χ0) is 13.5. The van der Waals surface area contributed by atoms with E-state index in [1.165, 1.54) is 6.07 Å². The zero-order valence-electron chi connectivity index (χ0n) is 11.9. The molecule has 0 bridgehead atoms. The summed E-state index contributed by atoms with van der Waals surface area (Å²) in [5.74, 6) is 0.378. The third-order valence-corrected chi connectivity index (χ3v) is 3.20. The van der Waals surface area contributed by atoms with Crippen LogP contribution in [0.2, 0.25) is 0 Å². The molecule has 0 fully saturated rings. The van der Waals surface area contributed by atoms with Crippen molar-refractivity contribution in [3.8, 4) is 0 Å². The minimum Gasteiger partial charge on any atom is -0.371 e. The van der Waals surface area contributed by atoms with Crippen molar-refractivity contribution in [3.05, 3.63) is 30.1 Å². The molecule has 0 aliphatic rings. The third kappa shape index (κ3) is 4.30. The highest BCUT2D eigenvalue weighted by Gasteiger charge is 2.16. The van der Waals surface area contributed by atoms with Crippen LogP contribution in [0.4, 0.5) is 10.1 Å². The largest absolute Gasteiger partial charge is 0.371 e. The van der Waals surface area contributed by atoms with E-state index in [1.807, 2.05) is 24.1 Å². The Morgan fingerprint density at radius 3 is 2.50 bits per heavy atom. The van der Waals surface area contributed by atoms with E-state index in [4.69, 9.17) is 0 Å². The predicted octanol–water partition coefficient (Wildman–Crippen LogP) is 3.29. The fourth-order valence-corrected chi connectivity index (χ4v) is 2.00. The Balaban J connectivity index is 2.66.